The van der Waals surface area contributed by atoms with E-state index >= 15 is 0 Å². The summed E-state index contributed by atoms with van der Waals surface area (Å²) in [6.45, 7) is 0. The van der Waals surface area contributed by atoms with Crippen LogP contribution in [0.2, 0.25) is 10.0 Å². The first-order valence-electron chi connectivity index (χ1n) is 8.64. The molecule has 28 heavy (non-hydrogen) atoms. The number of thioether (sulfide) groups is 1. The van der Waals surface area contributed by atoms with E-state index in [0.29, 0.717) is 15.9 Å². The highest BCUT2D eigenvalue weighted by Crippen LogP contribution is 2.31. The standard InChI is InChI=1S/C19H16Cl2N6S/c20-16-6-5-15(9-17(16)21)27-18(14-4-1-7-22-12-14)25-26-19(27)28-8-2-3-13-10-23-24-11-13/h1,4-7,9-12H,2-3,8H2,(H,23,24). The molecule has 0 aliphatic heterocycles. The van der Waals surface area contributed by atoms with Crippen LogP contribution in [0, 0.1) is 0 Å². The molecule has 0 aliphatic rings. The van der Waals surface area contributed by atoms with Gasteiger partial charge in [0.05, 0.1) is 21.9 Å². The first-order chi connectivity index (χ1) is 13.7. The van der Waals surface area contributed by atoms with Gasteiger partial charge in [0, 0.05) is 29.9 Å². The van der Waals surface area contributed by atoms with Crippen molar-refractivity contribution in [2.45, 2.75) is 18.0 Å². The topological polar surface area (TPSA) is 72.3 Å². The van der Waals surface area contributed by atoms with Crippen molar-refractivity contribution in [3.8, 4) is 17.1 Å². The first-order valence-corrected chi connectivity index (χ1v) is 10.4. The second-order valence-corrected chi connectivity index (χ2v) is 7.92. The Morgan fingerprint density at radius 2 is 2.00 bits per heavy atom. The van der Waals surface area contributed by atoms with Gasteiger partial charge in [-0.05, 0) is 48.7 Å². The summed E-state index contributed by atoms with van der Waals surface area (Å²) in [5, 5.41) is 17.4. The third-order valence-electron chi connectivity index (χ3n) is 4.11. The van der Waals surface area contributed by atoms with Crippen LogP contribution >= 0.6 is 35.0 Å². The molecule has 0 unspecified atom stereocenters. The van der Waals surface area contributed by atoms with Crippen LogP contribution in [-0.2, 0) is 6.42 Å². The Labute approximate surface area is 176 Å². The predicted octanol–water partition coefficient (Wildman–Crippen LogP) is 5.08. The number of hydrogen-bond acceptors (Lipinski definition) is 5. The average molecular weight is 431 g/mol. The number of aromatic nitrogens is 6. The van der Waals surface area contributed by atoms with Gasteiger partial charge >= 0.3 is 0 Å². The van der Waals surface area contributed by atoms with E-state index < -0.39 is 0 Å². The van der Waals surface area contributed by atoms with Crippen molar-refractivity contribution < 1.29 is 0 Å². The van der Waals surface area contributed by atoms with Gasteiger partial charge in [-0.3, -0.25) is 14.6 Å². The zero-order chi connectivity index (χ0) is 19.3. The largest absolute Gasteiger partial charge is 0.285 e. The Balaban J connectivity index is 1.62. The van der Waals surface area contributed by atoms with E-state index in [1.165, 1.54) is 5.56 Å². The molecule has 1 N–H and O–H groups in total. The number of pyridine rings is 1. The molecule has 0 saturated carbocycles. The van der Waals surface area contributed by atoms with Crippen LogP contribution in [0.25, 0.3) is 17.1 Å². The lowest BCUT2D eigenvalue weighted by Crippen LogP contribution is -2.00. The Hall–Kier alpha value is -2.35. The fourth-order valence-electron chi connectivity index (χ4n) is 2.76. The zero-order valence-corrected chi connectivity index (χ0v) is 17.0. The number of hydrogen-bond donors (Lipinski definition) is 1. The molecule has 0 saturated heterocycles. The SMILES string of the molecule is Clc1ccc(-n2c(SCCCc3cn[nH]c3)nnc2-c2cccnc2)cc1Cl. The molecular weight excluding hydrogens is 415 g/mol. The molecule has 0 bridgehead atoms. The number of benzene rings is 1. The maximum Gasteiger partial charge on any atom is 0.196 e. The fraction of sp³-hybridized carbons (Fsp3) is 0.158. The summed E-state index contributed by atoms with van der Waals surface area (Å²) in [5.41, 5.74) is 2.93. The molecule has 0 atom stereocenters. The van der Waals surface area contributed by atoms with Crippen LogP contribution in [0.3, 0.4) is 0 Å². The lowest BCUT2D eigenvalue weighted by molar-refractivity contribution is 0.875. The number of rotatable bonds is 7. The Kier molecular flexibility index (Phi) is 5.95. The van der Waals surface area contributed by atoms with E-state index in [0.717, 1.165) is 35.0 Å². The molecule has 0 radical (unpaired) electrons. The number of halogens is 2. The normalized spacial score (nSPS) is 11.1. The smallest absolute Gasteiger partial charge is 0.196 e. The van der Waals surface area contributed by atoms with Crippen LogP contribution in [0.4, 0.5) is 0 Å². The second-order valence-electron chi connectivity index (χ2n) is 6.04. The van der Waals surface area contributed by atoms with Gasteiger partial charge in [-0.2, -0.15) is 5.10 Å². The average Bonchev–Trinajstić information content (AvgIpc) is 3.38. The van der Waals surface area contributed by atoms with Gasteiger partial charge in [0.25, 0.3) is 0 Å². The molecule has 1 aromatic carbocycles. The fourth-order valence-corrected chi connectivity index (χ4v) is 3.94. The monoisotopic (exact) mass is 430 g/mol. The van der Waals surface area contributed by atoms with Gasteiger partial charge in [-0.15, -0.1) is 10.2 Å². The number of aryl methyl sites for hydroxylation is 1. The van der Waals surface area contributed by atoms with Gasteiger partial charge in [0.1, 0.15) is 0 Å². The number of nitrogens with one attached hydrogen (secondary N) is 1. The maximum absolute atomic E-state index is 6.25. The molecule has 3 heterocycles. The van der Waals surface area contributed by atoms with E-state index in [2.05, 4.69) is 25.4 Å². The molecule has 3 aromatic heterocycles. The highest BCUT2D eigenvalue weighted by molar-refractivity contribution is 7.99. The Bertz CT molecular complexity index is 1050. The lowest BCUT2D eigenvalue weighted by Gasteiger charge is -2.11. The summed E-state index contributed by atoms with van der Waals surface area (Å²) in [6, 6.07) is 9.34. The minimum absolute atomic E-state index is 0.487. The highest BCUT2D eigenvalue weighted by Gasteiger charge is 2.17. The molecular formula is C19H16Cl2N6S. The summed E-state index contributed by atoms with van der Waals surface area (Å²) in [5.74, 6) is 1.61. The van der Waals surface area contributed by atoms with Crippen LogP contribution in [-0.4, -0.2) is 35.7 Å². The van der Waals surface area contributed by atoms with Crippen molar-refractivity contribution >= 4 is 35.0 Å². The lowest BCUT2D eigenvalue weighted by atomic mass is 10.2. The zero-order valence-electron chi connectivity index (χ0n) is 14.7. The number of H-pyrrole nitrogens is 1. The number of aromatic amines is 1. The van der Waals surface area contributed by atoms with Crippen LogP contribution in [0.15, 0.2) is 60.3 Å². The van der Waals surface area contributed by atoms with Gasteiger partial charge < -0.3 is 0 Å². The third kappa shape index (κ3) is 4.22. The summed E-state index contributed by atoms with van der Waals surface area (Å²) >= 11 is 14.0. The molecule has 142 valence electrons. The van der Waals surface area contributed by atoms with Gasteiger partial charge in [-0.1, -0.05) is 35.0 Å². The van der Waals surface area contributed by atoms with Gasteiger partial charge in [0.2, 0.25) is 0 Å². The van der Waals surface area contributed by atoms with Crippen molar-refractivity contribution in [3.05, 3.63) is 70.7 Å². The van der Waals surface area contributed by atoms with E-state index in [1.807, 2.05) is 41.2 Å². The van der Waals surface area contributed by atoms with E-state index in [9.17, 15) is 0 Å². The molecule has 4 aromatic rings. The second kappa shape index (κ2) is 8.77. The summed E-state index contributed by atoms with van der Waals surface area (Å²) in [6.07, 6.45) is 9.23. The maximum atomic E-state index is 6.25. The van der Waals surface area contributed by atoms with Crippen molar-refractivity contribution in [3.63, 3.8) is 0 Å². The summed E-state index contributed by atoms with van der Waals surface area (Å²) in [4.78, 5) is 4.20. The van der Waals surface area contributed by atoms with Crippen LogP contribution in [0.5, 0.6) is 0 Å². The highest BCUT2D eigenvalue weighted by atomic mass is 35.5. The molecule has 9 heteroatoms. The Morgan fingerprint density at radius 3 is 2.75 bits per heavy atom. The molecule has 0 amide bonds. The Morgan fingerprint density at radius 1 is 1.07 bits per heavy atom. The third-order valence-corrected chi connectivity index (χ3v) is 5.86. The summed E-state index contributed by atoms with van der Waals surface area (Å²) in [7, 11) is 0. The molecule has 0 aliphatic carbocycles. The molecule has 0 spiro atoms. The van der Waals surface area contributed by atoms with Crippen LogP contribution in [0.1, 0.15) is 12.0 Å². The van der Waals surface area contributed by atoms with E-state index in [-0.39, 0.29) is 0 Å². The van der Waals surface area contributed by atoms with Crippen LogP contribution < -0.4 is 0 Å². The van der Waals surface area contributed by atoms with Crippen molar-refractivity contribution in [2.24, 2.45) is 0 Å². The minimum atomic E-state index is 0.487. The van der Waals surface area contributed by atoms with E-state index in [4.69, 9.17) is 23.2 Å². The quantitative estimate of drug-likeness (QED) is 0.326. The van der Waals surface area contributed by atoms with Gasteiger partial charge in [-0.25, -0.2) is 0 Å². The minimum Gasteiger partial charge on any atom is -0.285 e. The van der Waals surface area contributed by atoms with E-state index in [1.54, 1.807) is 30.2 Å². The van der Waals surface area contributed by atoms with Gasteiger partial charge in [0.15, 0.2) is 11.0 Å². The summed E-state index contributed by atoms with van der Waals surface area (Å²) < 4.78 is 1.99. The number of nitrogens with zero attached hydrogens (tertiary/aromatic N) is 5. The molecule has 0 fully saturated rings. The first kappa shape index (κ1) is 19.0. The van der Waals surface area contributed by atoms with Crippen molar-refractivity contribution in [1.82, 2.24) is 29.9 Å². The van der Waals surface area contributed by atoms with Crippen molar-refractivity contribution in [2.75, 3.05) is 5.75 Å². The molecule has 4 rings (SSSR count). The molecule has 6 nitrogen and oxygen atoms in total. The predicted molar refractivity (Wildman–Crippen MR) is 112 cm³/mol. The van der Waals surface area contributed by atoms with Crippen molar-refractivity contribution in [1.29, 1.82) is 0 Å².